The summed E-state index contributed by atoms with van der Waals surface area (Å²) < 4.78 is 39.8. The minimum Gasteiger partial charge on any atom is -0.401 e. The lowest BCUT2D eigenvalue weighted by molar-refractivity contribution is 0.159. The highest BCUT2D eigenvalue weighted by Crippen LogP contribution is 2.52. The lowest BCUT2D eigenvalue weighted by Gasteiger charge is -2.18. The Morgan fingerprint density at radius 1 is 1.22 bits per heavy atom. The van der Waals surface area contributed by atoms with E-state index in [1.165, 1.54) is 0 Å². The third-order valence-electron chi connectivity index (χ3n) is 1.94. The molecule has 0 saturated carbocycles. The van der Waals surface area contributed by atoms with Crippen LogP contribution in [-0.4, -0.2) is 13.2 Å². The average molecular weight is 274 g/mol. The van der Waals surface area contributed by atoms with E-state index >= 15 is 0 Å². The van der Waals surface area contributed by atoms with Crippen LogP contribution in [0.2, 0.25) is 0 Å². The minimum atomic E-state index is -3.77. The van der Waals surface area contributed by atoms with Gasteiger partial charge in [0.05, 0.1) is 13.2 Å². The van der Waals surface area contributed by atoms with Crippen molar-refractivity contribution in [3.8, 4) is 0 Å². The fourth-order valence-electron chi connectivity index (χ4n) is 1.26. The normalized spacial score (nSPS) is 12.5. The largest absolute Gasteiger partial charge is 0.530 e. The standard InChI is InChI=1S/C12H16FO4P/c1-3-15-18(14,16-4-2)17-12(10-13)11-8-6-5-7-9-11/h5-10H,3-4H2,1-2H3/b12-10-. The number of phosphoric ester groups is 1. The maximum Gasteiger partial charge on any atom is 0.530 e. The van der Waals surface area contributed by atoms with Gasteiger partial charge in [-0.25, -0.2) is 8.96 Å². The van der Waals surface area contributed by atoms with Gasteiger partial charge in [0.1, 0.15) is 6.33 Å². The fraction of sp³-hybridized carbons (Fsp3) is 0.333. The van der Waals surface area contributed by atoms with E-state index in [0.717, 1.165) is 0 Å². The van der Waals surface area contributed by atoms with Crippen molar-refractivity contribution in [1.29, 1.82) is 0 Å². The van der Waals surface area contributed by atoms with Gasteiger partial charge in [-0.1, -0.05) is 30.3 Å². The van der Waals surface area contributed by atoms with Crippen molar-refractivity contribution < 1.29 is 22.5 Å². The molecule has 0 heterocycles. The van der Waals surface area contributed by atoms with Crippen molar-refractivity contribution in [2.24, 2.45) is 0 Å². The van der Waals surface area contributed by atoms with Crippen LogP contribution in [0.1, 0.15) is 19.4 Å². The number of rotatable bonds is 7. The molecule has 0 spiro atoms. The molecular formula is C12H16FO4P. The SMILES string of the molecule is CCOP(=O)(OCC)O/C(=C\F)c1ccccc1. The highest BCUT2D eigenvalue weighted by molar-refractivity contribution is 7.48. The highest BCUT2D eigenvalue weighted by Gasteiger charge is 2.28. The second-order valence-corrected chi connectivity index (χ2v) is 4.81. The van der Waals surface area contributed by atoms with Crippen LogP contribution in [0.15, 0.2) is 36.7 Å². The molecule has 0 aromatic heterocycles. The third-order valence-corrected chi connectivity index (χ3v) is 3.51. The first-order valence-corrected chi connectivity index (χ1v) is 7.05. The van der Waals surface area contributed by atoms with Crippen molar-refractivity contribution in [3.05, 3.63) is 42.2 Å². The van der Waals surface area contributed by atoms with Gasteiger partial charge in [-0.15, -0.1) is 0 Å². The van der Waals surface area contributed by atoms with Crippen LogP contribution in [-0.2, 0) is 18.1 Å². The molecule has 4 nitrogen and oxygen atoms in total. The number of hydrogen-bond acceptors (Lipinski definition) is 4. The van der Waals surface area contributed by atoms with Gasteiger partial charge in [0.2, 0.25) is 0 Å². The van der Waals surface area contributed by atoms with Gasteiger partial charge in [0.25, 0.3) is 0 Å². The molecule has 0 N–H and O–H groups in total. The summed E-state index contributed by atoms with van der Waals surface area (Å²) in [6.07, 6.45) is 0.236. The van der Waals surface area contributed by atoms with Crippen molar-refractivity contribution in [2.75, 3.05) is 13.2 Å². The summed E-state index contributed by atoms with van der Waals surface area (Å²) in [7, 11) is -3.77. The smallest absolute Gasteiger partial charge is 0.401 e. The first-order valence-electron chi connectivity index (χ1n) is 5.59. The fourth-order valence-corrected chi connectivity index (χ4v) is 2.46. The molecule has 0 unspecified atom stereocenters. The van der Waals surface area contributed by atoms with Gasteiger partial charge < -0.3 is 4.52 Å². The van der Waals surface area contributed by atoms with E-state index in [9.17, 15) is 8.96 Å². The Balaban J connectivity index is 2.88. The predicted octanol–water partition coefficient (Wildman–Crippen LogP) is 4.15. The van der Waals surface area contributed by atoms with Crippen LogP contribution in [0.4, 0.5) is 4.39 Å². The molecule has 0 aliphatic rings. The van der Waals surface area contributed by atoms with Gasteiger partial charge in [-0.05, 0) is 13.8 Å². The molecule has 18 heavy (non-hydrogen) atoms. The van der Waals surface area contributed by atoms with E-state index in [1.54, 1.807) is 44.2 Å². The van der Waals surface area contributed by atoms with Crippen LogP contribution in [0.3, 0.4) is 0 Å². The van der Waals surface area contributed by atoms with Gasteiger partial charge in [-0.2, -0.15) is 0 Å². The Kier molecular flexibility index (Phi) is 6.05. The van der Waals surface area contributed by atoms with Gasteiger partial charge >= 0.3 is 7.82 Å². The Morgan fingerprint density at radius 2 is 1.78 bits per heavy atom. The zero-order valence-electron chi connectivity index (χ0n) is 10.3. The first kappa shape index (κ1) is 14.9. The number of hydrogen-bond donors (Lipinski definition) is 0. The van der Waals surface area contributed by atoms with E-state index in [0.29, 0.717) is 5.56 Å². The third kappa shape index (κ3) is 4.26. The molecule has 0 aliphatic heterocycles. The molecule has 100 valence electrons. The minimum absolute atomic E-state index is 0.144. The lowest BCUT2D eigenvalue weighted by atomic mass is 10.2. The van der Waals surface area contributed by atoms with Crippen molar-refractivity contribution in [2.45, 2.75) is 13.8 Å². The zero-order chi connectivity index (χ0) is 13.4. The van der Waals surface area contributed by atoms with Crippen molar-refractivity contribution in [3.63, 3.8) is 0 Å². The number of phosphoric acid groups is 1. The van der Waals surface area contributed by atoms with Crippen molar-refractivity contribution in [1.82, 2.24) is 0 Å². The van der Waals surface area contributed by atoms with E-state index in [-0.39, 0.29) is 25.3 Å². The second-order valence-electron chi connectivity index (χ2n) is 3.21. The van der Waals surface area contributed by atoms with Crippen LogP contribution >= 0.6 is 7.82 Å². The Labute approximate surface area is 106 Å². The molecule has 0 aliphatic carbocycles. The van der Waals surface area contributed by atoms with Crippen LogP contribution in [0.5, 0.6) is 0 Å². The van der Waals surface area contributed by atoms with E-state index in [1.807, 2.05) is 0 Å². The molecule has 6 heteroatoms. The summed E-state index contributed by atoms with van der Waals surface area (Å²) in [6.45, 7) is 3.59. The maximum atomic E-state index is 12.8. The lowest BCUT2D eigenvalue weighted by Crippen LogP contribution is -2.00. The molecule has 1 rings (SSSR count). The number of benzene rings is 1. The maximum absolute atomic E-state index is 12.8. The van der Waals surface area contributed by atoms with Crippen LogP contribution < -0.4 is 0 Å². The van der Waals surface area contributed by atoms with E-state index in [4.69, 9.17) is 13.6 Å². The first-order chi connectivity index (χ1) is 8.65. The summed E-state index contributed by atoms with van der Waals surface area (Å²) in [4.78, 5) is 0. The van der Waals surface area contributed by atoms with Crippen molar-refractivity contribution >= 4 is 13.6 Å². The molecular weight excluding hydrogens is 258 g/mol. The Morgan fingerprint density at radius 3 is 2.22 bits per heavy atom. The predicted molar refractivity (Wildman–Crippen MR) is 67.5 cm³/mol. The second kappa shape index (κ2) is 7.31. The molecule has 0 atom stereocenters. The van der Waals surface area contributed by atoms with Gasteiger partial charge in [-0.3, -0.25) is 9.05 Å². The summed E-state index contributed by atoms with van der Waals surface area (Å²) in [5, 5.41) is 0. The molecule has 1 aromatic carbocycles. The van der Waals surface area contributed by atoms with Crippen LogP contribution in [0.25, 0.3) is 5.76 Å². The molecule has 0 amide bonds. The van der Waals surface area contributed by atoms with E-state index in [2.05, 4.69) is 0 Å². The Bertz CT molecular complexity index is 423. The summed E-state index contributed by atoms with van der Waals surface area (Å²) in [6, 6.07) is 8.48. The number of halogens is 1. The summed E-state index contributed by atoms with van der Waals surface area (Å²) in [5.41, 5.74) is 0.458. The summed E-state index contributed by atoms with van der Waals surface area (Å²) >= 11 is 0. The molecule has 0 bridgehead atoms. The molecule has 1 aromatic rings. The van der Waals surface area contributed by atoms with Crippen LogP contribution in [0, 0.1) is 0 Å². The quantitative estimate of drug-likeness (QED) is 0.553. The van der Waals surface area contributed by atoms with E-state index < -0.39 is 7.82 Å². The molecule has 0 saturated heterocycles. The highest BCUT2D eigenvalue weighted by atomic mass is 31.2. The molecule has 0 radical (unpaired) electrons. The molecule has 0 fully saturated rings. The topological polar surface area (TPSA) is 44.8 Å². The zero-order valence-corrected chi connectivity index (χ0v) is 11.2. The van der Waals surface area contributed by atoms with Gasteiger partial charge in [0, 0.05) is 5.56 Å². The monoisotopic (exact) mass is 274 g/mol. The average Bonchev–Trinajstić information content (AvgIpc) is 2.38. The van der Waals surface area contributed by atoms with Gasteiger partial charge in [0.15, 0.2) is 5.76 Å². The Hall–Kier alpha value is -1.16. The summed E-state index contributed by atoms with van der Waals surface area (Å²) in [5.74, 6) is -0.180.